The summed E-state index contributed by atoms with van der Waals surface area (Å²) in [5.41, 5.74) is 2.35. The highest BCUT2D eigenvalue weighted by Gasteiger charge is 2.39. The van der Waals surface area contributed by atoms with Crippen LogP contribution in [0.2, 0.25) is 0 Å². The highest BCUT2D eigenvalue weighted by Crippen LogP contribution is 2.41. The van der Waals surface area contributed by atoms with Crippen LogP contribution in [0.25, 0.3) is 0 Å². The Morgan fingerprint density at radius 1 is 1.06 bits per heavy atom. The van der Waals surface area contributed by atoms with Crippen LogP contribution in [0.1, 0.15) is 24.8 Å². The summed E-state index contributed by atoms with van der Waals surface area (Å²) in [6.07, 6.45) is 2.27. The molecule has 0 spiro atoms. The van der Waals surface area contributed by atoms with Crippen LogP contribution in [-0.4, -0.2) is 70.7 Å². The van der Waals surface area contributed by atoms with Crippen LogP contribution in [0.3, 0.4) is 0 Å². The summed E-state index contributed by atoms with van der Waals surface area (Å²) < 4.78 is 33.0. The molecular formula is C26H30BrN3O5S. The second-order valence-corrected chi connectivity index (χ2v) is 12.5. The molecule has 0 bridgehead atoms. The Morgan fingerprint density at radius 2 is 1.78 bits per heavy atom. The molecule has 10 heteroatoms. The third kappa shape index (κ3) is 4.98. The van der Waals surface area contributed by atoms with Crippen molar-refractivity contribution in [3.05, 3.63) is 46.4 Å². The van der Waals surface area contributed by atoms with E-state index in [-0.39, 0.29) is 34.8 Å². The van der Waals surface area contributed by atoms with Crippen LogP contribution in [0, 0.1) is 5.92 Å². The number of halogens is 1. The van der Waals surface area contributed by atoms with Crippen molar-refractivity contribution in [1.29, 1.82) is 0 Å². The van der Waals surface area contributed by atoms with Crippen LogP contribution in [0.5, 0.6) is 5.75 Å². The smallest absolute Gasteiger partial charge is 0.230 e. The van der Waals surface area contributed by atoms with E-state index >= 15 is 0 Å². The lowest BCUT2D eigenvalue weighted by Gasteiger charge is -2.36. The summed E-state index contributed by atoms with van der Waals surface area (Å²) in [7, 11) is -2.13. The summed E-state index contributed by atoms with van der Waals surface area (Å²) in [6.45, 7) is 2.84. The van der Waals surface area contributed by atoms with Gasteiger partial charge in [0.1, 0.15) is 5.75 Å². The van der Waals surface area contributed by atoms with Gasteiger partial charge < -0.3 is 19.4 Å². The first kappa shape index (κ1) is 25.1. The molecule has 1 aliphatic carbocycles. The Kier molecular flexibility index (Phi) is 7.00. The molecule has 0 radical (unpaired) electrons. The predicted octanol–water partition coefficient (Wildman–Crippen LogP) is 3.27. The molecule has 2 aromatic rings. The minimum atomic E-state index is -3.77. The van der Waals surface area contributed by atoms with E-state index in [1.807, 2.05) is 30.3 Å². The second-order valence-electron chi connectivity index (χ2n) is 9.53. The van der Waals surface area contributed by atoms with Crippen molar-refractivity contribution in [3.8, 4) is 5.75 Å². The summed E-state index contributed by atoms with van der Waals surface area (Å²) in [5.74, 6) is 0.352. The quantitative estimate of drug-likeness (QED) is 0.503. The van der Waals surface area contributed by atoms with Crippen molar-refractivity contribution >= 4 is 49.0 Å². The molecule has 5 rings (SSSR count). The number of para-hydroxylation sites is 2. The number of amides is 2. The molecule has 0 unspecified atom stereocenters. The normalized spacial score (nSPS) is 17.8. The van der Waals surface area contributed by atoms with Crippen LogP contribution >= 0.6 is 15.9 Å². The number of anilines is 2. The van der Waals surface area contributed by atoms with Crippen LogP contribution in [-0.2, 0) is 25.8 Å². The topological polar surface area (TPSA) is 87.2 Å². The SMILES string of the molecule is COc1ccccc1N1CCN(C(=O)CCS(=O)(=O)c2cc(Br)cc3c2N(C(=O)C2CC2)CC3)CC1. The molecule has 2 amide bonds. The van der Waals surface area contributed by atoms with Crippen molar-refractivity contribution in [2.75, 3.05) is 55.4 Å². The number of carbonyl (C=O) groups excluding carboxylic acids is 2. The number of sulfone groups is 1. The number of piperazine rings is 1. The zero-order valence-electron chi connectivity index (χ0n) is 20.3. The summed E-state index contributed by atoms with van der Waals surface area (Å²) in [6, 6.07) is 11.2. The highest BCUT2D eigenvalue weighted by atomic mass is 79.9. The molecule has 8 nitrogen and oxygen atoms in total. The number of carbonyl (C=O) groups is 2. The molecule has 36 heavy (non-hydrogen) atoms. The molecule has 1 saturated heterocycles. The second kappa shape index (κ2) is 10.0. The zero-order chi connectivity index (χ0) is 25.4. The van der Waals surface area contributed by atoms with E-state index < -0.39 is 9.84 Å². The number of hydrogen-bond donors (Lipinski definition) is 0. The molecule has 192 valence electrons. The standard InChI is InChI=1S/C26H30BrN3O5S/c1-35-22-5-3-2-4-21(22)28-11-13-29(14-12-28)24(31)9-15-36(33,34)23-17-20(27)16-19-8-10-30(25(19)23)26(32)18-6-7-18/h2-5,16-18H,6-15H2,1H3. The average molecular weight is 577 g/mol. The first-order chi connectivity index (χ1) is 17.3. The van der Waals surface area contributed by atoms with Gasteiger partial charge in [-0.15, -0.1) is 0 Å². The Balaban J connectivity index is 1.25. The van der Waals surface area contributed by atoms with Gasteiger partial charge in [0, 0.05) is 49.5 Å². The maximum Gasteiger partial charge on any atom is 0.230 e. The Hall–Kier alpha value is -2.59. The van der Waals surface area contributed by atoms with Gasteiger partial charge in [-0.05, 0) is 49.1 Å². The van der Waals surface area contributed by atoms with Crippen molar-refractivity contribution in [2.45, 2.75) is 30.6 Å². The fourth-order valence-electron chi connectivity index (χ4n) is 5.05. The lowest BCUT2D eigenvalue weighted by Crippen LogP contribution is -2.49. The van der Waals surface area contributed by atoms with Crippen molar-refractivity contribution in [3.63, 3.8) is 0 Å². The Bertz CT molecular complexity index is 1290. The fourth-order valence-corrected chi connectivity index (χ4v) is 7.22. The molecule has 3 aliphatic rings. The van der Waals surface area contributed by atoms with Gasteiger partial charge in [-0.25, -0.2) is 8.42 Å². The van der Waals surface area contributed by atoms with Crippen LogP contribution in [0.4, 0.5) is 11.4 Å². The molecule has 0 atom stereocenters. The number of rotatable bonds is 7. The maximum atomic E-state index is 13.4. The molecule has 2 heterocycles. The average Bonchev–Trinajstić information content (AvgIpc) is 3.66. The molecule has 1 saturated carbocycles. The highest BCUT2D eigenvalue weighted by molar-refractivity contribution is 9.10. The van der Waals surface area contributed by atoms with Crippen LogP contribution in [0.15, 0.2) is 45.8 Å². The lowest BCUT2D eigenvalue weighted by molar-refractivity contribution is -0.131. The molecule has 2 aliphatic heterocycles. The third-order valence-electron chi connectivity index (χ3n) is 7.16. The van der Waals surface area contributed by atoms with Crippen molar-refractivity contribution in [2.24, 2.45) is 5.92 Å². The van der Waals surface area contributed by atoms with Gasteiger partial charge in [0.25, 0.3) is 0 Å². The van der Waals surface area contributed by atoms with Gasteiger partial charge >= 0.3 is 0 Å². The minimum Gasteiger partial charge on any atom is -0.495 e. The Labute approximate surface area is 220 Å². The maximum absolute atomic E-state index is 13.4. The summed E-state index contributed by atoms with van der Waals surface area (Å²) in [5, 5.41) is 0. The monoisotopic (exact) mass is 575 g/mol. The number of ether oxygens (including phenoxy) is 1. The third-order valence-corrected chi connectivity index (χ3v) is 9.34. The van der Waals surface area contributed by atoms with E-state index in [4.69, 9.17) is 4.74 Å². The summed E-state index contributed by atoms with van der Waals surface area (Å²) in [4.78, 5) is 31.5. The number of fused-ring (bicyclic) bond motifs is 1. The number of hydrogen-bond acceptors (Lipinski definition) is 6. The lowest BCUT2D eigenvalue weighted by atomic mass is 10.2. The summed E-state index contributed by atoms with van der Waals surface area (Å²) >= 11 is 3.43. The van der Waals surface area contributed by atoms with E-state index in [0.717, 1.165) is 29.8 Å². The number of nitrogens with zero attached hydrogens (tertiary/aromatic N) is 3. The van der Waals surface area contributed by atoms with Gasteiger partial charge in [0.2, 0.25) is 11.8 Å². The van der Waals surface area contributed by atoms with Crippen LogP contribution < -0.4 is 14.5 Å². The Morgan fingerprint density at radius 3 is 2.47 bits per heavy atom. The van der Waals surface area contributed by atoms with E-state index in [0.29, 0.717) is 49.3 Å². The number of benzene rings is 2. The molecule has 2 aromatic carbocycles. The van der Waals surface area contributed by atoms with E-state index in [1.54, 1.807) is 23.0 Å². The van der Waals surface area contributed by atoms with Crippen molar-refractivity contribution < 1.29 is 22.7 Å². The fraction of sp³-hybridized carbons (Fsp3) is 0.462. The molecular weight excluding hydrogens is 546 g/mol. The van der Waals surface area contributed by atoms with Gasteiger partial charge in [0.05, 0.1) is 29.1 Å². The molecule has 0 N–H and O–H groups in total. The van der Waals surface area contributed by atoms with Gasteiger partial charge in [-0.3, -0.25) is 9.59 Å². The largest absolute Gasteiger partial charge is 0.495 e. The first-order valence-corrected chi connectivity index (χ1v) is 14.8. The van der Waals surface area contributed by atoms with Gasteiger partial charge in [-0.1, -0.05) is 28.1 Å². The van der Waals surface area contributed by atoms with Crippen molar-refractivity contribution in [1.82, 2.24) is 4.90 Å². The van der Waals surface area contributed by atoms with E-state index in [2.05, 4.69) is 20.8 Å². The number of methoxy groups -OCH3 is 1. The molecule has 0 aromatic heterocycles. The minimum absolute atomic E-state index is 0.00579. The molecule has 2 fully saturated rings. The van der Waals surface area contributed by atoms with E-state index in [9.17, 15) is 18.0 Å². The van der Waals surface area contributed by atoms with Gasteiger partial charge in [0.15, 0.2) is 9.84 Å². The first-order valence-electron chi connectivity index (χ1n) is 12.3. The zero-order valence-corrected chi connectivity index (χ0v) is 22.7. The van der Waals surface area contributed by atoms with E-state index in [1.165, 1.54) is 0 Å². The van der Waals surface area contributed by atoms with Gasteiger partial charge in [-0.2, -0.15) is 0 Å². The predicted molar refractivity (Wildman–Crippen MR) is 141 cm³/mol.